The number of ether oxygens (including phenoxy) is 1. The van der Waals surface area contributed by atoms with E-state index in [-0.39, 0.29) is 12.5 Å². The molecule has 3 aromatic rings. The van der Waals surface area contributed by atoms with Crippen molar-refractivity contribution in [2.45, 2.75) is 19.9 Å². The van der Waals surface area contributed by atoms with Crippen molar-refractivity contribution in [1.82, 2.24) is 15.5 Å². The Bertz CT molecular complexity index is 831. The van der Waals surface area contributed by atoms with Gasteiger partial charge in [0.15, 0.2) is 6.61 Å². The minimum atomic E-state index is -0.179. The van der Waals surface area contributed by atoms with Crippen LogP contribution in [0.25, 0.3) is 11.4 Å². The van der Waals surface area contributed by atoms with Crippen LogP contribution in [0, 0.1) is 0 Å². The molecule has 6 nitrogen and oxygen atoms in total. The summed E-state index contributed by atoms with van der Waals surface area (Å²) in [6, 6.07) is 17.0. The van der Waals surface area contributed by atoms with Gasteiger partial charge in [-0.2, -0.15) is 4.98 Å². The van der Waals surface area contributed by atoms with E-state index in [1.165, 1.54) is 0 Å². The summed E-state index contributed by atoms with van der Waals surface area (Å²) in [5.74, 6) is 1.50. The fourth-order valence-corrected chi connectivity index (χ4v) is 2.24. The standard InChI is InChI=1S/C19H19N3O3/c1-2-18-21-19(22-25-18)15-9-6-10-16(11-15)24-13-17(23)20-12-14-7-4-3-5-8-14/h3-11H,2,12-13H2,1H3,(H,20,23). The summed E-state index contributed by atoms with van der Waals surface area (Å²) in [6.07, 6.45) is 0.685. The van der Waals surface area contributed by atoms with Crippen molar-refractivity contribution in [3.05, 3.63) is 66.1 Å². The lowest BCUT2D eigenvalue weighted by molar-refractivity contribution is -0.123. The highest BCUT2D eigenvalue weighted by molar-refractivity contribution is 5.77. The number of carbonyl (C=O) groups is 1. The molecule has 0 saturated carbocycles. The molecule has 2 aromatic carbocycles. The van der Waals surface area contributed by atoms with Crippen molar-refractivity contribution in [3.8, 4) is 17.1 Å². The average Bonchev–Trinajstić information content (AvgIpc) is 3.15. The maximum absolute atomic E-state index is 11.9. The van der Waals surface area contributed by atoms with Gasteiger partial charge in [-0.25, -0.2) is 0 Å². The number of benzene rings is 2. The Morgan fingerprint density at radius 2 is 2.00 bits per heavy atom. The molecule has 1 amide bonds. The molecule has 1 N–H and O–H groups in total. The molecular weight excluding hydrogens is 318 g/mol. The van der Waals surface area contributed by atoms with Crippen LogP contribution < -0.4 is 10.1 Å². The Kier molecular flexibility index (Phi) is 5.41. The smallest absolute Gasteiger partial charge is 0.258 e. The Labute approximate surface area is 145 Å². The highest BCUT2D eigenvalue weighted by atomic mass is 16.5. The summed E-state index contributed by atoms with van der Waals surface area (Å²) in [4.78, 5) is 16.2. The van der Waals surface area contributed by atoms with Crippen LogP contribution in [0.2, 0.25) is 0 Å². The van der Waals surface area contributed by atoms with Crippen LogP contribution in [0.5, 0.6) is 5.75 Å². The zero-order chi connectivity index (χ0) is 17.5. The minimum Gasteiger partial charge on any atom is -0.484 e. The summed E-state index contributed by atoms with van der Waals surface area (Å²) >= 11 is 0. The van der Waals surface area contributed by atoms with E-state index < -0.39 is 0 Å². The van der Waals surface area contributed by atoms with Gasteiger partial charge in [0.1, 0.15) is 5.75 Å². The summed E-state index contributed by atoms with van der Waals surface area (Å²) in [5, 5.41) is 6.76. The van der Waals surface area contributed by atoms with Crippen LogP contribution in [0.3, 0.4) is 0 Å². The third-order valence-electron chi connectivity index (χ3n) is 3.57. The number of aryl methyl sites for hydroxylation is 1. The molecule has 0 aliphatic rings. The van der Waals surface area contributed by atoms with Gasteiger partial charge in [-0.05, 0) is 17.7 Å². The predicted octanol–water partition coefficient (Wildman–Crippen LogP) is 2.99. The first-order valence-corrected chi connectivity index (χ1v) is 8.11. The SMILES string of the molecule is CCc1nc(-c2cccc(OCC(=O)NCc3ccccc3)c2)no1. The van der Waals surface area contributed by atoms with Gasteiger partial charge in [-0.3, -0.25) is 4.79 Å². The third-order valence-corrected chi connectivity index (χ3v) is 3.57. The molecule has 0 aliphatic carbocycles. The molecule has 25 heavy (non-hydrogen) atoms. The quantitative estimate of drug-likeness (QED) is 0.717. The first-order valence-electron chi connectivity index (χ1n) is 8.11. The van der Waals surface area contributed by atoms with Gasteiger partial charge in [0.25, 0.3) is 5.91 Å². The molecular formula is C19H19N3O3. The van der Waals surface area contributed by atoms with E-state index in [2.05, 4.69) is 15.5 Å². The molecule has 1 aromatic heterocycles. The van der Waals surface area contributed by atoms with Gasteiger partial charge in [0.05, 0.1) is 0 Å². The molecule has 0 fully saturated rings. The van der Waals surface area contributed by atoms with Crippen LogP contribution in [0.1, 0.15) is 18.4 Å². The predicted molar refractivity (Wildman–Crippen MR) is 92.9 cm³/mol. The lowest BCUT2D eigenvalue weighted by Crippen LogP contribution is -2.28. The number of carbonyl (C=O) groups excluding carboxylic acids is 1. The fourth-order valence-electron chi connectivity index (χ4n) is 2.24. The van der Waals surface area contributed by atoms with Gasteiger partial charge in [-0.15, -0.1) is 0 Å². The Balaban J connectivity index is 1.54. The largest absolute Gasteiger partial charge is 0.484 e. The molecule has 0 atom stereocenters. The van der Waals surface area contributed by atoms with Crippen LogP contribution in [-0.4, -0.2) is 22.7 Å². The monoisotopic (exact) mass is 337 g/mol. The second kappa shape index (κ2) is 8.10. The minimum absolute atomic E-state index is 0.0528. The molecule has 1 heterocycles. The molecule has 0 unspecified atom stereocenters. The molecule has 6 heteroatoms. The number of nitrogens with one attached hydrogen (secondary N) is 1. The molecule has 3 rings (SSSR count). The van der Waals surface area contributed by atoms with Crippen molar-refractivity contribution < 1.29 is 14.1 Å². The highest BCUT2D eigenvalue weighted by Crippen LogP contribution is 2.21. The van der Waals surface area contributed by atoms with Crippen molar-refractivity contribution in [3.63, 3.8) is 0 Å². The Morgan fingerprint density at radius 3 is 2.76 bits per heavy atom. The molecule has 0 radical (unpaired) electrons. The normalized spacial score (nSPS) is 10.4. The second-order valence-electron chi connectivity index (χ2n) is 5.44. The maximum atomic E-state index is 11.9. The van der Waals surface area contributed by atoms with Crippen LogP contribution >= 0.6 is 0 Å². The summed E-state index contributed by atoms with van der Waals surface area (Å²) in [7, 11) is 0. The van der Waals surface area contributed by atoms with Crippen molar-refractivity contribution in [2.24, 2.45) is 0 Å². The summed E-state index contributed by atoms with van der Waals surface area (Å²) in [6.45, 7) is 2.37. The van der Waals surface area contributed by atoms with Crippen molar-refractivity contribution in [1.29, 1.82) is 0 Å². The van der Waals surface area contributed by atoms with Gasteiger partial charge < -0.3 is 14.6 Å². The van der Waals surface area contributed by atoms with Crippen molar-refractivity contribution >= 4 is 5.91 Å². The lowest BCUT2D eigenvalue weighted by atomic mass is 10.2. The zero-order valence-electron chi connectivity index (χ0n) is 13.9. The maximum Gasteiger partial charge on any atom is 0.258 e. The third kappa shape index (κ3) is 4.67. The van der Waals surface area contributed by atoms with Gasteiger partial charge in [0, 0.05) is 18.5 Å². The number of hydrogen-bond donors (Lipinski definition) is 1. The number of aromatic nitrogens is 2. The molecule has 128 valence electrons. The van der Waals surface area contributed by atoms with E-state index in [0.29, 0.717) is 30.4 Å². The molecule has 0 aliphatic heterocycles. The van der Waals surface area contributed by atoms with E-state index in [1.807, 2.05) is 49.4 Å². The molecule has 0 spiro atoms. The van der Waals surface area contributed by atoms with Gasteiger partial charge in [-0.1, -0.05) is 54.5 Å². The topological polar surface area (TPSA) is 77.2 Å². The Morgan fingerprint density at radius 1 is 1.16 bits per heavy atom. The summed E-state index contributed by atoms with van der Waals surface area (Å²) < 4.78 is 10.7. The fraction of sp³-hybridized carbons (Fsp3) is 0.211. The van der Waals surface area contributed by atoms with E-state index in [9.17, 15) is 4.79 Å². The van der Waals surface area contributed by atoms with E-state index >= 15 is 0 Å². The highest BCUT2D eigenvalue weighted by Gasteiger charge is 2.09. The summed E-state index contributed by atoms with van der Waals surface area (Å²) in [5.41, 5.74) is 1.83. The number of hydrogen-bond acceptors (Lipinski definition) is 5. The van der Waals surface area contributed by atoms with Crippen LogP contribution in [-0.2, 0) is 17.8 Å². The average molecular weight is 337 g/mol. The number of nitrogens with zero attached hydrogens (tertiary/aromatic N) is 2. The molecule has 0 saturated heterocycles. The van der Waals surface area contributed by atoms with E-state index in [4.69, 9.17) is 9.26 Å². The van der Waals surface area contributed by atoms with Crippen LogP contribution in [0.15, 0.2) is 59.1 Å². The number of rotatable bonds is 7. The zero-order valence-corrected chi connectivity index (χ0v) is 13.9. The Hall–Kier alpha value is -3.15. The molecule has 0 bridgehead atoms. The first-order chi connectivity index (χ1) is 12.2. The number of amides is 1. The van der Waals surface area contributed by atoms with Gasteiger partial charge >= 0.3 is 0 Å². The van der Waals surface area contributed by atoms with Crippen LogP contribution in [0.4, 0.5) is 0 Å². The second-order valence-corrected chi connectivity index (χ2v) is 5.44. The van der Waals surface area contributed by atoms with Crippen molar-refractivity contribution in [2.75, 3.05) is 6.61 Å². The first kappa shape index (κ1) is 16.7. The van der Waals surface area contributed by atoms with E-state index in [1.54, 1.807) is 12.1 Å². The lowest BCUT2D eigenvalue weighted by Gasteiger charge is -2.08. The van der Waals surface area contributed by atoms with E-state index in [0.717, 1.165) is 11.1 Å². The van der Waals surface area contributed by atoms with Gasteiger partial charge in [0.2, 0.25) is 11.7 Å².